The van der Waals surface area contributed by atoms with Gasteiger partial charge in [-0.1, -0.05) is 17.7 Å². The van der Waals surface area contributed by atoms with Gasteiger partial charge < -0.3 is 10.4 Å². The minimum Gasteiger partial charge on any atom is -0.391 e. The lowest BCUT2D eigenvalue weighted by Gasteiger charge is -2.18. The van der Waals surface area contributed by atoms with Gasteiger partial charge in [0.05, 0.1) is 22.9 Å². The van der Waals surface area contributed by atoms with E-state index >= 15 is 0 Å². The van der Waals surface area contributed by atoms with E-state index in [2.05, 4.69) is 5.32 Å². The van der Waals surface area contributed by atoms with Crippen molar-refractivity contribution in [2.45, 2.75) is 38.3 Å². The van der Waals surface area contributed by atoms with Crippen LogP contribution in [-0.4, -0.2) is 17.3 Å². The van der Waals surface area contributed by atoms with E-state index in [9.17, 15) is 5.11 Å². The smallest absolute Gasteiger partial charge is 0.0741 e. The topological polar surface area (TPSA) is 32.3 Å². The molecule has 1 aromatic carbocycles. The van der Waals surface area contributed by atoms with Crippen LogP contribution in [0.25, 0.3) is 0 Å². The summed E-state index contributed by atoms with van der Waals surface area (Å²) in [6, 6.07) is 6.09. The number of anilines is 1. The minimum absolute atomic E-state index is 0.158. The van der Waals surface area contributed by atoms with Crippen LogP contribution in [-0.2, 0) is 0 Å². The van der Waals surface area contributed by atoms with Crippen molar-refractivity contribution in [1.82, 2.24) is 0 Å². The number of nitrogens with one attached hydrogen (secondary N) is 1. The molecule has 0 bridgehead atoms. The molecule has 1 saturated carbocycles. The van der Waals surface area contributed by atoms with Gasteiger partial charge >= 0.3 is 0 Å². The summed E-state index contributed by atoms with van der Waals surface area (Å²) in [6.07, 6.45) is 2.76. The van der Waals surface area contributed by atoms with E-state index in [1.165, 1.54) is 0 Å². The highest BCUT2D eigenvalue weighted by Crippen LogP contribution is 2.28. The normalized spacial score (nSPS) is 25.5. The molecular weight excluding hydrogens is 210 g/mol. The Morgan fingerprint density at radius 1 is 1.40 bits per heavy atom. The predicted molar refractivity (Wildman–Crippen MR) is 63.5 cm³/mol. The fourth-order valence-corrected chi connectivity index (χ4v) is 2.34. The monoisotopic (exact) mass is 225 g/mol. The van der Waals surface area contributed by atoms with Gasteiger partial charge in [-0.05, 0) is 43.9 Å². The quantitative estimate of drug-likeness (QED) is 0.811. The first-order valence-corrected chi connectivity index (χ1v) is 5.75. The minimum atomic E-state index is -0.234. The van der Waals surface area contributed by atoms with Crippen LogP contribution >= 0.6 is 11.6 Å². The van der Waals surface area contributed by atoms with Crippen molar-refractivity contribution in [2.75, 3.05) is 5.32 Å². The molecule has 0 heterocycles. The average molecular weight is 226 g/mol. The van der Waals surface area contributed by atoms with Crippen LogP contribution < -0.4 is 5.32 Å². The second-order valence-electron chi connectivity index (χ2n) is 4.23. The maximum absolute atomic E-state index is 9.69. The Labute approximate surface area is 95.3 Å². The Kier molecular flexibility index (Phi) is 3.17. The zero-order chi connectivity index (χ0) is 10.8. The van der Waals surface area contributed by atoms with Crippen molar-refractivity contribution in [3.8, 4) is 0 Å². The number of aliphatic hydroxyl groups excluding tert-OH is 1. The molecule has 2 nitrogen and oxygen atoms in total. The highest BCUT2D eigenvalue weighted by molar-refractivity contribution is 6.33. The number of rotatable bonds is 2. The molecule has 1 aliphatic carbocycles. The van der Waals surface area contributed by atoms with Crippen molar-refractivity contribution in [3.63, 3.8) is 0 Å². The molecule has 15 heavy (non-hydrogen) atoms. The Balaban J connectivity index is 2.10. The second kappa shape index (κ2) is 4.42. The molecule has 3 heteroatoms. The molecule has 1 aliphatic rings. The third-order valence-corrected chi connectivity index (χ3v) is 3.26. The molecule has 2 N–H and O–H groups in total. The summed E-state index contributed by atoms with van der Waals surface area (Å²) >= 11 is 6.11. The largest absolute Gasteiger partial charge is 0.391 e. The lowest BCUT2D eigenvalue weighted by atomic mass is 10.1. The van der Waals surface area contributed by atoms with Crippen LogP contribution in [0.15, 0.2) is 18.2 Å². The fraction of sp³-hybridized carbons (Fsp3) is 0.500. The van der Waals surface area contributed by atoms with Crippen LogP contribution in [0.3, 0.4) is 0 Å². The van der Waals surface area contributed by atoms with Gasteiger partial charge in [-0.25, -0.2) is 0 Å². The number of halogens is 1. The maximum atomic E-state index is 9.69. The average Bonchev–Trinajstić information content (AvgIpc) is 2.57. The molecule has 0 radical (unpaired) electrons. The van der Waals surface area contributed by atoms with Crippen molar-refractivity contribution in [3.05, 3.63) is 28.8 Å². The molecule has 2 atom stereocenters. The van der Waals surface area contributed by atoms with E-state index in [1.54, 1.807) is 0 Å². The molecule has 0 spiro atoms. The summed E-state index contributed by atoms with van der Waals surface area (Å²) in [4.78, 5) is 0. The molecule has 2 rings (SSSR count). The summed E-state index contributed by atoms with van der Waals surface area (Å²) in [7, 11) is 0. The fourth-order valence-electron chi connectivity index (χ4n) is 2.05. The number of aliphatic hydroxyl groups is 1. The third kappa shape index (κ3) is 2.44. The van der Waals surface area contributed by atoms with Crippen LogP contribution in [0.2, 0.25) is 5.02 Å². The summed E-state index contributed by atoms with van der Waals surface area (Å²) < 4.78 is 0. The first kappa shape index (κ1) is 10.8. The Morgan fingerprint density at radius 3 is 2.80 bits per heavy atom. The van der Waals surface area contributed by atoms with E-state index in [1.807, 2.05) is 25.1 Å². The van der Waals surface area contributed by atoms with Crippen molar-refractivity contribution in [1.29, 1.82) is 0 Å². The summed E-state index contributed by atoms with van der Waals surface area (Å²) in [5, 5.41) is 13.7. The first-order valence-electron chi connectivity index (χ1n) is 5.37. The lowest BCUT2D eigenvalue weighted by molar-refractivity contribution is 0.172. The number of aryl methyl sites for hydroxylation is 1. The first-order chi connectivity index (χ1) is 7.16. The third-order valence-electron chi connectivity index (χ3n) is 2.94. The van der Waals surface area contributed by atoms with Crippen molar-refractivity contribution >= 4 is 17.3 Å². The van der Waals surface area contributed by atoms with E-state index in [4.69, 9.17) is 11.6 Å². The molecule has 1 aromatic rings. The Bertz CT molecular complexity index is 353. The molecule has 1 fully saturated rings. The van der Waals surface area contributed by atoms with Gasteiger partial charge in [-0.2, -0.15) is 0 Å². The van der Waals surface area contributed by atoms with Gasteiger partial charge in [0.2, 0.25) is 0 Å². The molecule has 0 unspecified atom stereocenters. The molecule has 0 saturated heterocycles. The molecule has 0 aromatic heterocycles. The Morgan fingerprint density at radius 2 is 2.20 bits per heavy atom. The zero-order valence-electron chi connectivity index (χ0n) is 8.83. The second-order valence-corrected chi connectivity index (χ2v) is 4.64. The van der Waals surface area contributed by atoms with Crippen LogP contribution in [0.1, 0.15) is 24.8 Å². The zero-order valence-corrected chi connectivity index (χ0v) is 9.59. The highest BCUT2D eigenvalue weighted by Gasteiger charge is 2.25. The number of benzene rings is 1. The lowest BCUT2D eigenvalue weighted by Crippen LogP contribution is -2.27. The van der Waals surface area contributed by atoms with Gasteiger partial charge in [-0.3, -0.25) is 0 Å². The van der Waals surface area contributed by atoms with Gasteiger partial charge in [0.1, 0.15) is 0 Å². The molecule has 0 amide bonds. The highest BCUT2D eigenvalue weighted by atomic mass is 35.5. The van der Waals surface area contributed by atoms with Crippen molar-refractivity contribution in [2.24, 2.45) is 0 Å². The van der Waals surface area contributed by atoms with Crippen LogP contribution in [0.5, 0.6) is 0 Å². The maximum Gasteiger partial charge on any atom is 0.0741 e. The molecular formula is C12H16ClNO. The SMILES string of the molecule is Cc1ccc(N[C@@H]2CCC[C@H]2O)c(Cl)c1. The van der Waals surface area contributed by atoms with E-state index in [0.717, 1.165) is 35.5 Å². The Hall–Kier alpha value is -0.730. The summed E-state index contributed by atoms with van der Waals surface area (Å²) in [5.41, 5.74) is 2.07. The predicted octanol–water partition coefficient (Wildman–Crippen LogP) is 2.97. The van der Waals surface area contributed by atoms with Gasteiger partial charge in [0.15, 0.2) is 0 Å². The number of hydrogen-bond donors (Lipinski definition) is 2. The van der Waals surface area contributed by atoms with Crippen LogP contribution in [0.4, 0.5) is 5.69 Å². The standard InChI is InChI=1S/C12H16ClNO/c1-8-5-6-10(9(13)7-8)14-11-3-2-4-12(11)15/h5-7,11-12,14-15H,2-4H2,1H3/t11-,12-/m1/s1. The van der Waals surface area contributed by atoms with Crippen LogP contribution in [0, 0.1) is 6.92 Å². The summed E-state index contributed by atoms with van der Waals surface area (Å²) in [5.74, 6) is 0. The van der Waals surface area contributed by atoms with E-state index in [-0.39, 0.29) is 12.1 Å². The molecule has 82 valence electrons. The van der Waals surface area contributed by atoms with E-state index < -0.39 is 0 Å². The van der Waals surface area contributed by atoms with Gasteiger partial charge in [-0.15, -0.1) is 0 Å². The van der Waals surface area contributed by atoms with Gasteiger partial charge in [0, 0.05) is 0 Å². The molecule has 0 aliphatic heterocycles. The number of hydrogen-bond acceptors (Lipinski definition) is 2. The van der Waals surface area contributed by atoms with Crippen molar-refractivity contribution < 1.29 is 5.11 Å². The van der Waals surface area contributed by atoms with E-state index in [0.29, 0.717) is 0 Å². The summed E-state index contributed by atoms with van der Waals surface area (Å²) in [6.45, 7) is 2.01. The van der Waals surface area contributed by atoms with Gasteiger partial charge in [0.25, 0.3) is 0 Å².